The van der Waals surface area contributed by atoms with Gasteiger partial charge < -0.3 is 10.0 Å². The van der Waals surface area contributed by atoms with Gasteiger partial charge in [-0.1, -0.05) is 76.9 Å². The molecule has 0 rings (SSSR count). The fraction of sp³-hybridized carbons (Fsp3) is 0.810. The summed E-state index contributed by atoms with van der Waals surface area (Å²) in [6.45, 7) is 2.04. The highest BCUT2D eigenvalue weighted by Crippen LogP contribution is 2.14. The third-order valence-corrected chi connectivity index (χ3v) is 5.56. The minimum Gasteiger partial charge on any atom is -0.481 e. The zero-order valence-electron chi connectivity index (χ0n) is 18.0. The smallest absolute Gasteiger partial charge is 0.304 e. The van der Waals surface area contributed by atoms with Crippen LogP contribution >= 0.6 is 0 Å². The Kier molecular flexibility index (Phi) is 15.6. The van der Waals surface area contributed by atoms with Crippen LogP contribution in [0, 0.1) is 5.92 Å². The van der Waals surface area contributed by atoms with Gasteiger partial charge in [-0.15, -0.1) is 0 Å². The molecule has 0 heterocycles. The van der Waals surface area contributed by atoms with Gasteiger partial charge >= 0.3 is 5.97 Å². The molecule has 0 aliphatic heterocycles. The lowest BCUT2D eigenvalue weighted by Gasteiger charge is -2.20. The Morgan fingerprint density at radius 3 is 1.97 bits per heavy atom. The Balaban J connectivity index is 4.16. The molecule has 0 saturated carbocycles. The van der Waals surface area contributed by atoms with Crippen LogP contribution < -0.4 is 0 Å². The van der Waals surface area contributed by atoms with Crippen molar-refractivity contribution in [1.29, 1.82) is 0 Å². The molecule has 0 bridgehead atoms. The molecule has 0 aliphatic rings. The molecule has 2 N–H and O–H groups in total. The van der Waals surface area contributed by atoms with E-state index in [1.807, 2.05) is 6.08 Å². The number of rotatable bonds is 18. The standard InChI is InChI=1S/C21H39NO6S/c1-3-4-5-6-7-8-9-10-11-12-13-14-15-19(18-20(23)24)21(25)22(2)16-17-29(26,27)28/h14-15,19H,3-13,16-18H2,1-2H3,(H,23,24)(H,26,27,28)/b15-14+. The molecule has 170 valence electrons. The van der Waals surface area contributed by atoms with E-state index in [-0.39, 0.29) is 13.0 Å². The Bertz CT molecular complexity index is 588. The van der Waals surface area contributed by atoms with E-state index in [0.717, 1.165) is 24.2 Å². The van der Waals surface area contributed by atoms with E-state index in [2.05, 4.69) is 6.92 Å². The average Bonchev–Trinajstić information content (AvgIpc) is 2.64. The summed E-state index contributed by atoms with van der Waals surface area (Å²) in [5.41, 5.74) is 0. The van der Waals surface area contributed by atoms with Crippen LogP contribution in [0.15, 0.2) is 12.2 Å². The number of nitrogens with zero attached hydrogens (tertiary/aromatic N) is 1. The van der Waals surface area contributed by atoms with Gasteiger partial charge in [0.05, 0.1) is 18.1 Å². The van der Waals surface area contributed by atoms with E-state index < -0.39 is 33.7 Å². The molecule has 0 saturated heterocycles. The highest BCUT2D eigenvalue weighted by atomic mass is 32.2. The third-order valence-electron chi connectivity index (χ3n) is 4.87. The zero-order chi connectivity index (χ0) is 22.1. The molecule has 8 heteroatoms. The van der Waals surface area contributed by atoms with Crippen LogP contribution in [0.2, 0.25) is 0 Å². The van der Waals surface area contributed by atoms with Crippen molar-refractivity contribution in [2.24, 2.45) is 5.92 Å². The molecule has 0 fully saturated rings. The zero-order valence-corrected chi connectivity index (χ0v) is 18.8. The topological polar surface area (TPSA) is 112 Å². The third kappa shape index (κ3) is 17.2. The van der Waals surface area contributed by atoms with Gasteiger partial charge in [0.2, 0.25) is 5.91 Å². The number of carbonyl (C=O) groups excluding carboxylic acids is 1. The van der Waals surface area contributed by atoms with Crippen LogP contribution in [0.4, 0.5) is 0 Å². The molecule has 1 unspecified atom stereocenters. The highest BCUT2D eigenvalue weighted by molar-refractivity contribution is 7.85. The number of aliphatic carboxylic acids is 1. The lowest BCUT2D eigenvalue weighted by Crippen LogP contribution is -2.36. The fourth-order valence-electron chi connectivity index (χ4n) is 3.08. The summed E-state index contributed by atoms with van der Waals surface area (Å²) < 4.78 is 30.4. The van der Waals surface area contributed by atoms with Crippen molar-refractivity contribution in [2.75, 3.05) is 19.3 Å². The van der Waals surface area contributed by atoms with Crippen LogP contribution in [-0.4, -0.2) is 54.2 Å². The maximum atomic E-state index is 12.4. The minimum atomic E-state index is -4.17. The molecular formula is C21H39NO6S. The second kappa shape index (κ2) is 16.4. The first-order valence-electron chi connectivity index (χ1n) is 10.8. The number of carbonyl (C=O) groups is 2. The lowest BCUT2D eigenvalue weighted by atomic mass is 10.0. The van der Waals surface area contributed by atoms with E-state index in [0.29, 0.717) is 0 Å². The summed E-state index contributed by atoms with van der Waals surface area (Å²) in [5, 5.41) is 9.02. The molecule has 0 aromatic carbocycles. The molecule has 0 spiro atoms. The van der Waals surface area contributed by atoms with Crippen LogP contribution in [0.5, 0.6) is 0 Å². The Morgan fingerprint density at radius 2 is 1.48 bits per heavy atom. The molecule has 0 aromatic rings. The van der Waals surface area contributed by atoms with Gasteiger partial charge in [-0.2, -0.15) is 8.42 Å². The molecular weight excluding hydrogens is 394 g/mol. The first-order chi connectivity index (χ1) is 13.7. The fourth-order valence-corrected chi connectivity index (χ4v) is 3.59. The van der Waals surface area contributed by atoms with Crippen molar-refractivity contribution >= 4 is 22.0 Å². The van der Waals surface area contributed by atoms with Gasteiger partial charge in [0.25, 0.3) is 10.1 Å². The highest BCUT2D eigenvalue weighted by Gasteiger charge is 2.23. The number of allylic oxidation sites excluding steroid dienone is 1. The monoisotopic (exact) mass is 433 g/mol. The lowest BCUT2D eigenvalue weighted by molar-refractivity contribution is -0.142. The molecule has 29 heavy (non-hydrogen) atoms. The second-order valence-electron chi connectivity index (χ2n) is 7.65. The predicted molar refractivity (Wildman–Crippen MR) is 115 cm³/mol. The van der Waals surface area contributed by atoms with Crippen LogP contribution in [0.3, 0.4) is 0 Å². The van der Waals surface area contributed by atoms with Crippen molar-refractivity contribution in [3.05, 3.63) is 12.2 Å². The largest absolute Gasteiger partial charge is 0.481 e. The van der Waals surface area contributed by atoms with Crippen molar-refractivity contribution in [3.63, 3.8) is 0 Å². The van der Waals surface area contributed by atoms with E-state index in [1.165, 1.54) is 58.4 Å². The van der Waals surface area contributed by atoms with Crippen molar-refractivity contribution < 1.29 is 27.7 Å². The Hall–Kier alpha value is -1.41. The maximum absolute atomic E-state index is 12.4. The van der Waals surface area contributed by atoms with Crippen LogP contribution in [0.1, 0.15) is 84.0 Å². The van der Waals surface area contributed by atoms with E-state index in [4.69, 9.17) is 9.66 Å². The molecule has 7 nitrogen and oxygen atoms in total. The quantitative estimate of drug-likeness (QED) is 0.189. The van der Waals surface area contributed by atoms with Gasteiger partial charge in [0, 0.05) is 13.6 Å². The summed E-state index contributed by atoms with van der Waals surface area (Å²) in [4.78, 5) is 24.5. The molecule has 0 aromatic heterocycles. The van der Waals surface area contributed by atoms with Gasteiger partial charge in [-0.3, -0.25) is 14.1 Å². The summed E-state index contributed by atoms with van der Waals surface area (Å²) >= 11 is 0. The number of hydrogen-bond acceptors (Lipinski definition) is 4. The van der Waals surface area contributed by atoms with Gasteiger partial charge in [0.1, 0.15) is 0 Å². The second-order valence-corrected chi connectivity index (χ2v) is 9.22. The Morgan fingerprint density at radius 1 is 0.966 bits per heavy atom. The molecule has 1 atom stereocenters. The number of carboxylic acids is 1. The minimum absolute atomic E-state index is 0.180. The number of hydrogen-bond donors (Lipinski definition) is 2. The molecule has 0 aliphatic carbocycles. The van der Waals surface area contributed by atoms with Gasteiger partial charge in [-0.25, -0.2) is 0 Å². The number of carboxylic acid groups (broad SMARTS) is 1. The average molecular weight is 434 g/mol. The summed E-state index contributed by atoms with van der Waals surface area (Å²) in [5.74, 6) is -2.95. The maximum Gasteiger partial charge on any atom is 0.304 e. The summed E-state index contributed by atoms with van der Waals surface area (Å²) in [6.07, 6.45) is 16.3. The summed E-state index contributed by atoms with van der Waals surface area (Å²) in [7, 11) is -2.77. The normalized spacial score (nSPS) is 12.9. The predicted octanol–water partition coefficient (Wildman–Crippen LogP) is 4.29. The van der Waals surface area contributed by atoms with Crippen LogP contribution in [0.25, 0.3) is 0 Å². The van der Waals surface area contributed by atoms with Crippen molar-refractivity contribution in [3.8, 4) is 0 Å². The number of unbranched alkanes of at least 4 members (excludes halogenated alkanes) is 10. The SMILES string of the molecule is CCCCCCCCCCCC/C=C/C(CC(=O)O)C(=O)N(C)CCS(=O)(=O)O. The van der Waals surface area contributed by atoms with Gasteiger partial charge in [0.15, 0.2) is 0 Å². The van der Waals surface area contributed by atoms with E-state index in [1.54, 1.807) is 6.08 Å². The molecule has 0 radical (unpaired) electrons. The van der Waals surface area contributed by atoms with Crippen LogP contribution in [-0.2, 0) is 19.7 Å². The van der Waals surface area contributed by atoms with Gasteiger partial charge in [-0.05, 0) is 12.8 Å². The van der Waals surface area contributed by atoms with Crippen molar-refractivity contribution in [1.82, 2.24) is 4.90 Å². The number of amides is 1. The first kappa shape index (κ1) is 27.6. The molecule has 1 amide bonds. The first-order valence-corrected chi connectivity index (χ1v) is 12.4. The summed E-state index contributed by atoms with van der Waals surface area (Å²) in [6, 6.07) is 0. The van der Waals surface area contributed by atoms with Crippen molar-refractivity contribution in [2.45, 2.75) is 84.0 Å². The Labute approximate surface area is 176 Å². The van der Waals surface area contributed by atoms with E-state index in [9.17, 15) is 18.0 Å². The van der Waals surface area contributed by atoms with E-state index >= 15 is 0 Å².